The van der Waals surface area contributed by atoms with Gasteiger partial charge >= 0.3 is 0 Å². The monoisotopic (exact) mass is 461 g/mol. The van der Waals surface area contributed by atoms with Crippen LogP contribution in [-0.2, 0) is 14.8 Å². The number of carbonyl (C=O) groups is 1. The highest BCUT2D eigenvalue weighted by atomic mass is 32.2. The average molecular weight is 462 g/mol. The maximum atomic E-state index is 12.8. The molecule has 2 N–H and O–H groups in total. The zero-order chi connectivity index (χ0) is 22.8. The highest BCUT2D eigenvalue weighted by molar-refractivity contribution is 7.90. The largest absolute Gasteiger partial charge is 0.494 e. The molecule has 9 heteroatoms. The summed E-state index contributed by atoms with van der Waals surface area (Å²) >= 11 is 0. The second-order valence-electron chi connectivity index (χ2n) is 7.50. The van der Waals surface area contributed by atoms with Gasteiger partial charge in [-0.1, -0.05) is 18.6 Å². The van der Waals surface area contributed by atoms with Crippen molar-refractivity contribution in [3.8, 4) is 5.75 Å². The number of carbonyl (C=O) groups excluding carboxylic acids is 1. The first-order valence-electron chi connectivity index (χ1n) is 10.8. The Hall–Kier alpha value is -2.94. The Kier molecular flexibility index (Phi) is 8.61. The molecule has 3 rings (SSSR count). The zero-order valence-corrected chi connectivity index (χ0v) is 18.7. The number of sulfonamides is 1. The molecule has 0 saturated carbocycles. The number of benzene rings is 2. The molecule has 0 unspecified atom stereocenters. The van der Waals surface area contributed by atoms with E-state index in [1.165, 1.54) is 12.1 Å². The highest BCUT2D eigenvalue weighted by Gasteiger charge is 2.29. The van der Waals surface area contributed by atoms with Gasteiger partial charge in [0.2, 0.25) is 5.91 Å². The molecule has 0 spiro atoms. The molecule has 0 saturated heterocycles. The topological polar surface area (TPSA) is 96.9 Å². The Morgan fingerprint density at radius 2 is 1.78 bits per heavy atom. The van der Waals surface area contributed by atoms with Crippen LogP contribution < -0.4 is 14.8 Å². The third-order valence-electron chi connectivity index (χ3n) is 4.97. The third kappa shape index (κ3) is 7.05. The van der Waals surface area contributed by atoms with Gasteiger partial charge in [0.25, 0.3) is 10.0 Å². The molecule has 0 fully saturated rings. The van der Waals surface area contributed by atoms with E-state index in [1.807, 2.05) is 0 Å². The molecule has 1 aliphatic rings. The van der Waals surface area contributed by atoms with E-state index in [-0.39, 0.29) is 16.6 Å². The second kappa shape index (κ2) is 11.6. The van der Waals surface area contributed by atoms with Gasteiger partial charge in [-0.25, -0.2) is 12.8 Å². The lowest BCUT2D eigenvalue weighted by molar-refractivity contribution is -0.121. The number of halogens is 1. The minimum atomic E-state index is -3.50. The molecule has 32 heavy (non-hydrogen) atoms. The summed E-state index contributed by atoms with van der Waals surface area (Å²) in [4.78, 5) is 16.5. The van der Waals surface area contributed by atoms with E-state index in [4.69, 9.17) is 4.74 Å². The Morgan fingerprint density at radius 1 is 1.00 bits per heavy atom. The summed E-state index contributed by atoms with van der Waals surface area (Å²) in [6, 6.07) is 12.7. The molecule has 0 atom stereocenters. The maximum Gasteiger partial charge on any atom is 0.263 e. The number of nitrogens with zero attached hydrogens (tertiary/aromatic N) is 1. The summed E-state index contributed by atoms with van der Waals surface area (Å²) < 4.78 is 44.9. The van der Waals surface area contributed by atoms with E-state index in [0.29, 0.717) is 43.3 Å². The number of amidine groups is 1. The van der Waals surface area contributed by atoms with Crippen molar-refractivity contribution in [1.29, 1.82) is 0 Å². The van der Waals surface area contributed by atoms with Gasteiger partial charge in [0, 0.05) is 25.1 Å². The van der Waals surface area contributed by atoms with E-state index in [1.54, 1.807) is 36.4 Å². The van der Waals surface area contributed by atoms with Crippen LogP contribution in [0.4, 0.5) is 4.39 Å². The van der Waals surface area contributed by atoms with Crippen LogP contribution in [0.2, 0.25) is 0 Å². The first kappa shape index (κ1) is 23.7. The number of rotatable bonds is 12. The smallest absolute Gasteiger partial charge is 0.263 e. The fourth-order valence-corrected chi connectivity index (χ4v) is 4.53. The number of amides is 1. The van der Waals surface area contributed by atoms with Crippen molar-refractivity contribution in [1.82, 2.24) is 10.0 Å². The fraction of sp³-hybridized carbons (Fsp3) is 0.391. The first-order valence-corrected chi connectivity index (χ1v) is 12.3. The second-order valence-corrected chi connectivity index (χ2v) is 9.15. The van der Waals surface area contributed by atoms with Gasteiger partial charge < -0.3 is 10.1 Å². The van der Waals surface area contributed by atoms with Gasteiger partial charge in [0.15, 0.2) is 0 Å². The van der Waals surface area contributed by atoms with Crippen LogP contribution in [0.5, 0.6) is 5.75 Å². The van der Waals surface area contributed by atoms with Crippen molar-refractivity contribution in [2.75, 3.05) is 19.7 Å². The summed E-state index contributed by atoms with van der Waals surface area (Å²) in [6.07, 6.45) is 4.43. The van der Waals surface area contributed by atoms with Crippen LogP contribution in [0, 0.1) is 5.82 Å². The fourth-order valence-electron chi connectivity index (χ4n) is 3.28. The lowest BCUT2D eigenvalue weighted by atomic mass is 10.2. The molecular formula is C23H28FN3O4S. The molecule has 1 aliphatic heterocycles. The first-order chi connectivity index (χ1) is 15.5. The maximum absolute atomic E-state index is 12.8. The Labute approximate surface area is 188 Å². The molecule has 1 amide bonds. The lowest BCUT2D eigenvalue weighted by Gasteiger charge is -2.07. The Bertz CT molecular complexity index is 1040. The van der Waals surface area contributed by atoms with Gasteiger partial charge in [-0.15, -0.1) is 0 Å². The van der Waals surface area contributed by atoms with Gasteiger partial charge in [-0.3, -0.25) is 14.5 Å². The van der Waals surface area contributed by atoms with Crippen LogP contribution in [0.3, 0.4) is 0 Å². The molecule has 7 nitrogen and oxygen atoms in total. The normalized spacial score (nSPS) is 15.2. The molecular weight excluding hydrogens is 433 g/mol. The van der Waals surface area contributed by atoms with E-state index in [2.05, 4.69) is 15.0 Å². The van der Waals surface area contributed by atoms with Crippen molar-refractivity contribution < 1.29 is 22.3 Å². The van der Waals surface area contributed by atoms with Crippen LogP contribution in [0.25, 0.3) is 0 Å². The molecule has 172 valence electrons. The van der Waals surface area contributed by atoms with Crippen LogP contribution in [-0.4, -0.2) is 39.9 Å². The Morgan fingerprint density at radius 3 is 2.59 bits per heavy atom. The van der Waals surface area contributed by atoms with E-state index >= 15 is 0 Å². The minimum Gasteiger partial charge on any atom is -0.494 e. The van der Waals surface area contributed by atoms with Crippen LogP contribution in [0.1, 0.15) is 44.1 Å². The number of hydrogen-bond acceptors (Lipinski definition) is 5. The summed E-state index contributed by atoms with van der Waals surface area (Å²) in [5.74, 6) is 0.755. The number of ether oxygens (including phenoxy) is 1. The summed E-state index contributed by atoms with van der Waals surface area (Å²) in [6.45, 7) is 1.62. The molecule has 0 aromatic heterocycles. The molecule has 2 aromatic rings. The van der Waals surface area contributed by atoms with Gasteiger partial charge in [-0.2, -0.15) is 0 Å². The van der Waals surface area contributed by atoms with Crippen molar-refractivity contribution in [3.05, 3.63) is 59.9 Å². The molecule has 0 aliphatic carbocycles. The minimum absolute atomic E-state index is 0.0215. The van der Waals surface area contributed by atoms with Crippen molar-refractivity contribution >= 4 is 21.8 Å². The van der Waals surface area contributed by atoms with E-state index < -0.39 is 10.0 Å². The number of aliphatic imine (C=N–C) groups is 1. The van der Waals surface area contributed by atoms with Gasteiger partial charge in [-0.05, 0) is 62.1 Å². The van der Waals surface area contributed by atoms with Crippen molar-refractivity contribution in [2.24, 2.45) is 4.99 Å². The standard InChI is InChI=1S/C23H28FN3O4S/c24-18-11-13-19(14-12-18)31-17-7-6-15-25-22(28)10-2-1-5-16-26-23-20-8-3-4-9-21(20)32(29,30)27-23/h3-4,8-9,11-14H,1-2,5-7,10,15-17H2,(H,25,28)(H,26,27). The molecule has 0 bridgehead atoms. The summed E-state index contributed by atoms with van der Waals surface area (Å²) in [5, 5.41) is 2.90. The Balaban J connectivity index is 1.22. The van der Waals surface area contributed by atoms with Crippen LogP contribution in [0.15, 0.2) is 58.4 Å². The average Bonchev–Trinajstić information content (AvgIpc) is 3.04. The molecule has 1 heterocycles. The van der Waals surface area contributed by atoms with Crippen molar-refractivity contribution in [2.45, 2.75) is 43.4 Å². The zero-order valence-electron chi connectivity index (χ0n) is 17.8. The van der Waals surface area contributed by atoms with Gasteiger partial charge in [0.1, 0.15) is 17.4 Å². The number of nitrogens with one attached hydrogen (secondary N) is 2. The SMILES string of the molecule is O=C(CCCCCN=C1NS(=O)(=O)c2ccccc21)NCCCCOc1ccc(F)cc1. The van der Waals surface area contributed by atoms with Gasteiger partial charge in [0.05, 0.1) is 11.5 Å². The quantitative estimate of drug-likeness (QED) is 0.474. The lowest BCUT2D eigenvalue weighted by Crippen LogP contribution is -2.24. The highest BCUT2D eigenvalue weighted by Crippen LogP contribution is 2.22. The number of fused-ring (bicyclic) bond motifs is 1. The number of unbranched alkanes of at least 4 members (excludes halogenated alkanes) is 3. The molecule has 0 radical (unpaired) electrons. The summed E-state index contributed by atoms with van der Waals surface area (Å²) in [5.41, 5.74) is 0.606. The van der Waals surface area contributed by atoms with E-state index in [0.717, 1.165) is 32.1 Å². The van der Waals surface area contributed by atoms with Crippen molar-refractivity contribution in [3.63, 3.8) is 0 Å². The predicted molar refractivity (Wildman–Crippen MR) is 121 cm³/mol. The summed E-state index contributed by atoms with van der Waals surface area (Å²) in [7, 11) is -3.50. The number of hydrogen-bond donors (Lipinski definition) is 2. The predicted octanol–water partition coefficient (Wildman–Crippen LogP) is 3.40. The molecule has 2 aromatic carbocycles. The third-order valence-corrected chi connectivity index (χ3v) is 6.37. The van der Waals surface area contributed by atoms with Crippen LogP contribution >= 0.6 is 0 Å². The van der Waals surface area contributed by atoms with E-state index in [9.17, 15) is 17.6 Å².